The minimum atomic E-state index is 0.845. The number of hydrogen-bond donors (Lipinski definition) is 1. The average Bonchev–Trinajstić information content (AvgIpc) is 2.96. The summed E-state index contributed by atoms with van der Waals surface area (Å²) in [5.74, 6) is 0.895. The number of nitrogens with zero attached hydrogens (tertiary/aromatic N) is 2. The Morgan fingerprint density at radius 1 is 1.18 bits per heavy atom. The first kappa shape index (κ1) is 13.3. The molecular formula is C14H29N3. The van der Waals surface area contributed by atoms with Crippen molar-refractivity contribution in [2.75, 3.05) is 45.8 Å². The molecule has 3 heteroatoms. The summed E-state index contributed by atoms with van der Waals surface area (Å²) in [6, 6.07) is 0.845. The number of hydrogen-bond acceptors (Lipinski definition) is 3. The highest BCUT2D eigenvalue weighted by atomic mass is 15.2. The Bertz CT molecular complexity index is 220. The van der Waals surface area contributed by atoms with Crippen LogP contribution in [0.3, 0.4) is 0 Å². The predicted molar refractivity (Wildman–Crippen MR) is 73.4 cm³/mol. The first-order valence-electron chi connectivity index (χ1n) is 7.50. The fourth-order valence-corrected chi connectivity index (χ4v) is 3.41. The molecule has 2 aliphatic rings. The zero-order valence-corrected chi connectivity index (χ0v) is 11.6. The van der Waals surface area contributed by atoms with Gasteiger partial charge in [-0.05, 0) is 57.9 Å². The molecule has 0 aromatic rings. The normalized spacial score (nSPS) is 31.4. The monoisotopic (exact) mass is 239 g/mol. The van der Waals surface area contributed by atoms with Crippen LogP contribution < -0.4 is 5.32 Å². The van der Waals surface area contributed by atoms with E-state index < -0.39 is 0 Å². The van der Waals surface area contributed by atoms with Crippen LogP contribution in [0.15, 0.2) is 0 Å². The smallest absolute Gasteiger partial charge is 0.0223 e. The lowest BCUT2D eigenvalue weighted by Crippen LogP contribution is -2.39. The summed E-state index contributed by atoms with van der Waals surface area (Å²) < 4.78 is 0. The third-order valence-corrected chi connectivity index (χ3v) is 4.43. The van der Waals surface area contributed by atoms with Gasteiger partial charge >= 0.3 is 0 Å². The van der Waals surface area contributed by atoms with Crippen LogP contribution in [0.4, 0.5) is 0 Å². The molecule has 0 aromatic carbocycles. The van der Waals surface area contributed by atoms with Crippen molar-refractivity contribution in [1.82, 2.24) is 15.1 Å². The van der Waals surface area contributed by atoms with Crippen molar-refractivity contribution >= 4 is 0 Å². The second kappa shape index (κ2) is 6.72. The summed E-state index contributed by atoms with van der Waals surface area (Å²) in [6.07, 6.45) is 4.22. The van der Waals surface area contributed by atoms with Crippen molar-refractivity contribution < 1.29 is 0 Å². The topological polar surface area (TPSA) is 18.5 Å². The Kier molecular flexibility index (Phi) is 5.26. The molecule has 0 radical (unpaired) electrons. The van der Waals surface area contributed by atoms with Gasteiger partial charge in [-0.1, -0.05) is 13.8 Å². The maximum Gasteiger partial charge on any atom is 0.0223 e. The van der Waals surface area contributed by atoms with E-state index in [1.165, 1.54) is 58.5 Å². The fourth-order valence-electron chi connectivity index (χ4n) is 3.41. The van der Waals surface area contributed by atoms with Crippen molar-refractivity contribution in [3.8, 4) is 0 Å². The molecule has 17 heavy (non-hydrogen) atoms. The summed E-state index contributed by atoms with van der Waals surface area (Å²) in [6.45, 7) is 13.4. The molecule has 2 rings (SSSR count). The van der Waals surface area contributed by atoms with Gasteiger partial charge in [0.1, 0.15) is 0 Å². The minimum Gasteiger partial charge on any atom is -0.317 e. The van der Waals surface area contributed by atoms with E-state index in [1.54, 1.807) is 0 Å². The Morgan fingerprint density at radius 3 is 2.82 bits per heavy atom. The third-order valence-electron chi connectivity index (χ3n) is 4.43. The van der Waals surface area contributed by atoms with Gasteiger partial charge in [0.2, 0.25) is 0 Å². The summed E-state index contributed by atoms with van der Waals surface area (Å²) in [4.78, 5) is 5.36. The van der Waals surface area contributed by atoms with Crippen molar-refractivity contribution in [2.24, 2.45) is 5.92 Å². The lowest BCUT2D eigenvalue weighted by atomic mass is 10.1. The second-order valence-corrected chi connectivity index (χ2v) is 5.65. The van der Waals surface area contributed by atoms with E-state index >= 15 is 0 Å². The van der Waals surface area contributed by atoms with Gasteiger partial charge in [0.25, 0.3) is 0 Å². The van der Waals surface area contributed by atoms with E-state index in [2.05, 4.69) is 29.0 Å². The Morgan fingerprint density at radius 2 is 2.06 bits per heavy atom. The Hall–Kier alpha value is -0.120. The van der Waals surface area contributed by atoms with Crippen LogP contribution >= 0.6 is 0 Å². The number of likely N-dealkylation sites (tertiary alicyclic amines) is 2. The van der Waals surface area contributed by atoms with Gasteiger partial charge in [-0.3, -0.25) is 4.90 Å². The van der Waals surface area contributed by atoms with Crippen LogP contribution in [-0.4, -0.2) is 61.7 Å². The summed E-state index contributed by atoms with van der Waals surface area (Å²) in [5.41, 5.74) is 0. The van der Waals surface area contributed by atoms with Gasteiger partial charge in [0.15, 0.2) is 0 Å². The van der Waals surface area contributed by atoms with Gasteiger partial charge in [-0.15, -0.1) is 0 Å². The van der Waals surface area contributed by atoms with Gasteiger partial charge in [0.05, 0.1) is 0 Å². The fraction of sp³-hybridized carbons (Fsp3) is 1.00. The molecule has 0 aliphatic carbocycles. The maximum absolute atomic E-state index is 3.49. The Balaban J connectivity index is 1.70. The molecule has 0 saturated carbocycles. The number of nitrogens with one attached hydrogen (secondary N) is 1. The molecule has 2 aliphatic heterocycles. The first-order chi connectivity index (χ1) is 8.33. The highest BCUT2D eigenvalue weighted by molar-refractivity contribution is 4.85. The molecule has 0 aromatic heterocycles. The highest BCUT2D eigenvalue weighted by Crippen LogP contribution is 2.21. The van der Waals surface area contributed by atoms with Crippen LogP contribution in [0.1, 0.15) is 33.1 Å². The number of rotatable bonds is 6. The highest BCUT2D eigenvalue weighted by Gasteiger charge is 2.28. The molecular weight excluding hydrogens is 210 g/mol. The third kappa shape index (κ3) is 3.67. The van der Waals surface area contributed by atoms with Gasteiger partial charge in [-0.25, -0.2) is 0 Å². The standard InChI is InChI=1S/C14H29N3/c1-3-15-10-13-7-9-16(11-13)12-14-6-5-8-17(14)4-2/h13-15H,3-12H2,1-2H3. The van der Waals surface area contributed by atoms with Crippen molar-refractivity contribution in [3.05, 3.63) is 0 Å². The minimum absolute atomic E-state index is 0.845. The van der Waals surface area contributed by atoms with Gasteiger partial charge < -0.3 is 10.2 Å². The second-order valence-electron chi connectivity index (χ2n) is 5.65. The SMILES string of the molecule is CCNCC1CCN(CC2CCCN2CC)C1. The van der Waals surface area contributed by atoms with Crippen LogP contribution in [0.2, 0.25) is 0 Å². The van der Waals surface area contributed by atoms with E-state index in [4.69, 9.17) is 0 Å². The van der Waals surface area contributed by atoms with E-state index in [0.717, 1.165) is 18.5 Å². The largest absolute Gasteiger partial charge is 0.317 e. The molecule has 100 valence electrons. The molecule has 2 fully saturated rings. The molecule has 2 heterocycles. The predicted octanol–water partition coefficient (Wildman–Crippen LogP) is 1.40. The molecule has 1 N–H and O–H groups in total. The van der Waals surface area contributed by atoms with Gasteiger partial charge in [0, 0.05) is 19.1 Å². The lowest BCUT2D eigenvalue weighted by Gasteiger charge is -2.27. The van der Waals surface area contributed by atoms with E-state index in [9.17, 15) is 0 Å². The molecule has 0 amide bonds. The average molecular weight is 239 g/mol. The summed E-state index contributed by atoms with van der Waals surface area (Å²) >= 11 is 0. The maximum atomic E-state index is 3.49. The molecule has 0 bridgehead atoms. The van der Waals surface area contributed by atoms with Crippen molar-refractivity contribution in [2.45, 2.75) is 39.2 Å². The van der Waals surface area contributed by atoms with Crippen molar-refractivity contribution in [3.63, 3.8) is 0 Å². The Labute approximate surface area is 107 Å². The quantitative estimate of drug-likeness (QED) is 0.756. The van der Waals surface area contributed by atoms with Crippen LogP contribution in [0.25, 0.3) is 0 Å². The molecule has 2 saturated heterocycles. The van der Waals surface area contributed by atoms with E-state index in [-0.39, 0.29) is 0 Å². The van der Waals surface area contributed by atoms with Crippen LogP contribution in [0.5, 0.6) is 0 Å². The van der Waals surface area contributed by atoms with Crippen LogP contribution in [0, 0.1) is 5.92 Å². The van der Waals surface area contributed by atoms with Crippen molar-refractivity contribution in [1.29, 1.82) is 0 Å². The van der Waals surface area contributed by atoms with E-state index in [0.29, 0.717) is 0 Å². The summed E-state index contributed by atoms with van der Waals surface area (Å²) in [7, 11) is 0. The summed E-state index contributed by atoms with van der Waals surface area (Å²) in [5, 5.41) is 3.49. The zero-order valence-electron chi connectivity index (χ0n) is 11.6. The van der Waals surface area contributed by atoms with Crippen LogP contribution in [-0.2, 0) is 0 Å². The van der Waals surface area contributed by atoms with E-state index in [1.807, 2.05) is 0 Å². The first-order valence-corrected chi connectivity index (χ1v) is 7.50. The number of likely N-dealkylation sites (N-methyl/N-ethyl adjacent to an activating group) is 1. The molecule has 2 unspecified atom stereocenters. The zero-order chi connectivity index (χ0) is 12.1. The molecule has 3 nitrogen and oxygen atoms in total. The molecule has 0 spiro atoms. The van der Waals surface area contributed by atoms with Gasteiger partial charge in [-0.2, -0.15) is 0 Å². The molecule has 2 atom stereocenters. The lowest BCUT2D eigenvalue weighted by molar-refractivity contribution is 0.195.